The van der Waals surface area contributed by atoms with E-state index in [-0.39, 0.29) is 5.71 Å². The summed E-state index contributed by atoms with van der Waals surface area (Å²) in [6, 6.07) is 11.7. The van der Waals surface area contributed by atoms with E-state index in [4.69, 9.17) is 4.42 Å². The number of fused-ring (bicyclic) bond motifs is 1. The van der Waals surface area contributed by atoms with Crippen molar-refractivity contribution in [2.75, 3.05) is 5.32 Å². The number of amides is 1. The number of anilines is 1. The van der Waals surface area contributed by atoms with E-state index < -0.39 is 28.9 Å². The second-order valence-electron chi connectivity index (χ2n) is 6.50. The van der Waals surface area contributed by atoms with Gasteiger partial charge in [-0.1, -0.05) is 18.2 Å². The molecule has 2 aromatic heterocycles. The summed E-state index contributed by atoms with van der Waals surface area (Å²) in [5.41, 5.74) is 2.80. The molecule has 0 atom stereocenters. The molecule has 0 aliphatic heterocycles. The number of oxazole rings is 1. The van der Waals surface area contributed by atoms with E-state index in [0.717, 1.165) is 23.3 Å². The quantitative estimate of drug-likeness (QED) is 0.568. The Bertz CT molecular complexity index is 1290. The van der Waals surface area contributed by atoms with E-state index in [1.54, 1.807) is 44.3 Å². The molecule has 0 fully saturated rings. The van der Waals surface area contributed by atoms with Gasteiger partial charge in [0.2, 0.25) is 5.71 Å². The third-order valence-electron chi connectivity index (χ3n) is 4.62. The standard InChI is InChI=1S/C21H15F2N3O3/c1-11-14(10-17-20(24-11)29-21(28)26(17)2)12-6-8-13(9-7-12)25-19(27)18-15(22)4-3-5-16(18)23/h3-10H,1-2H3,(H,25,27). The van der Waals surface area contributed by atoms with Crippen LogP contribution < -0.4 is 11.1 Å². The predicted octanol–water partition coefficient (Wildman–Crippen LogP) is 4.03. The molecular formula is C21H15F2N3O3. The molecule has 0 saturated heterocycles. The monoisotopic (exact) mass is 395 g/mol. The maximum atomic E-state index is 13.8. The van der Waals surface area contributed by atoms with Crippen molar-refractivity contribution in [2.24, 2.45) is 7.05 Å². The first kappa shape index (κ1) is 18.5. The van der Waals surface area contributed by atoms with Crippen LogP contribution in [0.15, 0.2) is 57.7 Å². The van der Waals surface area contributed by atoms with Gasteiger partial charge in [-0.25, -0.2) is 18.6 Å². The highest BCUT2D eigenvalue weighted by Crippen LogP contribution is 2.27. The molecule has 0 spiro atoms. The molecule has 4 rings (SSSR count). The Kier molecular flexibility index (Phi) is 4.46. The van der Waals surface area contributed by atoms with E-state index >= 15 is 0 Å². The van der Waals surface area contributed by atoms with E-state index in [2.05, 4.69) is 10.3 Å². The zero-order chi connectivity index (χ0) is 20.7. The van der Waals surface area contributed by atoms with Gasteiger partial charge in [0.05, 0.1) is 0 Å². The number of benzene rings is 2. The number of pyridine rings is 1. The molecule has 8 heteroatoms. The Labute approximate surface area is 163 Å². The van der Waals surface area contributed by atoms with E-state index in [9.17, 15) is 18.4 Å². The van der Waals surface area contributed by atoms with Crippen molar-refractivity contribution >= 4 is 22.8 Å². The minimum atomic E-state index is -0.931. The summed E-state index contributed by atoms with van der Waals surface area (Å²) >= 11 is 0. The van der Waals surface area contributed by atoms with Crippen LogP contribution in [0.5, 0.6) is 0 Å². The van der Waals surface area contributed by atoms with Crippen LogP contribution in [0.1, 0.15) is 16.1 Å². The Morgan fingerprint density at radius 2 is 1.76 bits per heavy atom. The molecule has 1 N–H and O–H groups in total. The molecule has 0 radical (unpaired) electrons. The van der Waals surface area contributed by atoms with Gasteiger partial charge in [0.1, 0.15) is 22.7 Å². The van der Waals surface area contributed by atoms with Gasteiger partial charge in [-0.05, 0) is 42.8 Å². The topological polar surface area (TPSA) is 77.1 Å². The van der Waals surface area contributed by atoms with Gasteiger partial charge in [0.15, 0.2) is 0 Å². The lowest BCUT2D eigenvalue weighted by Crippen LogP contribution is -2.15. The number of aromatic nitrogens is 2. The van der Waals surface area contributed by atoms with Gasteiger partial charge in [-0.2, -0.15) is 0 Å². The summed E-state index contributed by atoms with van der Waals surface area (Å²) in [6.45, 7) is 1.79. The molecule has 0 aliphatic rings. The lowest BCUT2D eigenvalue weighted by atomic mass is 10.0. The van der Waals surface area contributed by atoms with Gasteiger partial charge < -0.3 is 9.73 Å². The first-order chi connectivity index (χ1) is 13.8. The Hall–Kier alpha value is -3.81. The SMILES string of the molecule is Cc1nc2oc(=O)n(C)c2cc1-c1ccc(NC(=O)c2c(F)cccc2F)cc1. The average molecular weight is 395 g/mol. The van der Waals surface area contributed by atoms with Crippen LogP contribution in [0.4, 0.5) is 14.5 Å². The summed E-state index contributed by atoms with van der Waals surface area (Å²) in [7, 11) is 1.59. The predicted molar refractivity (Wildman–Crippen MR) is 104 cm³/mol. The fourth-order valence-corrected chi connectivity index (χ4v) is 3.07. The molecule has 29 heavy (non-hydrogen) atoms. The van der Waals surface area contributed by atoms with Crippen molar-refractivity contribution in [1.82, 2.24) is 9.55 Å². The molecule has 6 nitrogen and oxygen atoms in total. The van der Waals surface area contributed by atoms with Crippen LogP contribution in [-0.2, 0) is 7.05 Å². The molecule has 2 aromatic carbocycles. The maximum Gasteiger partial charge on any atom is 0.421 e. The Morgan fingerprint density at radius 1 is 1.10 bits per heavy atom. The van der Waals surface area contributed by atoms with Crippen LogP contribution in [0, 0.1) is 18.6 Å². The third kappa shape index (κ3) is 3.29. The highest BCUT2D eigenvalue weighted by Gasteiger charge is 2.17. The number of carbonyl (C=O) groups is 1. The maximum absolute atomic E-state index is 13.8. The molecule has 146 valence electrons. The number of hydrogen-bond acceptors (Lipinski definition) is 4. The van der Waals surface area contributed by atoms with Crippen LogP contribution in [-0.4, -0.2) is 15.5 Å². The number of nitrogens with zero attached hydrogens (tertiary/aromatic N) is 2. The summed E-state index contributed by atoms with van der Waals surface area (Å²) in [5, 5.41) is 2.48. The first-order valence-corrected chi connectivity index (χ1v) is 8.68. The highest BCUT2D eigenvalue weighted by atomic mass is 19.1. The second kappa shape index (κ2) is 6.97. The zero-order valence-electron chi connectivity index (χ0n) is 15.5. The molecule has 0 unspecified atom stereocenters. The van der Waals surface area contributed by atoms with Gasteiger partial charge in [-0.15, -0.1) is 0 Å². The number of rotatable bonds is 3. The Morgan fingerprint density at radius 3 is 2.41 bits per heavy atom. The summed E-state index contributed by atoms with van der Waals surface area (Å²) in [6.07, 6.45) is 0. The zero-order valence-corrected chi connectivity index (χ0v) is 15.5. The van der Waals surface area contributed by atoms with Crippen molar-refractivity contribution in [3.63, 3.8) is 0 Å². The van der Waals surface area contributed by atoms with Gasteiger partial charge in [-0.3, -0.25) is 9.36 Å². The number of halogens is 2. The third-order valence-corrected chi connectivity index (χ3v) is 4.62. The summed E-state index contributed by atoms with van der Waals surface area (Å²) in [5.74, 6) is -3.23. The smallest absolute Gasteiger partial charge is 0.389 e. The lowest BCUT2D eigenvalue weighted by molar-refractivity contribution is 0.101. The largest absolute Gasteiger partial charge is 0.421 e. The fraction of sp³-hybridized carbons (Fsp3) is 0.0952. The molecule has 4 aromatic rings. The van der Waals surface area contributed by atoms with Crippen LogP contribution in [0.25, 0.3) is 22.4 Å². The van der Waals surface area contributed by atoms with E-state index in [1.807, 2.05) is 0 Å². The van der Waals surface area contributed by atoms with Gasteiger partial charge >= 0.3 is 5.76 Å². The Balaban J connectivity index is 1.64. The van der Waals surface area contributed by atoms with Gasteiger partial charge in [0.25, 0.3) is 5.91 Å². The molecular weight excluding hydrogens is 380 g/mol. The molecule has 1 amide bonds. The molecule has 0 aliphatic carbocycles. The van der Waals surface area contributed by atoms with Crippen LogP contribution in [0.2, 0.25) is 0 Å². The van der Waals surface area contributed by atoms with E-state index in [1.165, 1.54) is 10.6 Å². The van der Waals surface area contributed by atoms with Crippen molar-refractivity contribution in [2.45, 2.75) is 6.92 Å². The van der Waals surface area contributed by atoms with Crippen molar-refractivity contribution in [3.05, 3.63) is 82.0 Å². The van der Waals surface area contributed by atoms with E-state index in [0.29, 0.717) is 16.9 Å². The number of carbonyl (C=O) groups excluding carboxylic acids is 1. The molecule has 0 saturated carbocycles. The first-order valence-electron chi connectivity index (χ1n) is 8.68. The lowest BCUT2D eigenvalue weighted by Gasteiger charge is -2.09. The second-order valence-corrected chi connectivity index (χ2v) is 6.50. The van der Waals surface area contributed by atoms with Crippen molar-refractivity contribution in [3.8, 4) is 11.1 Å². The highest BCUT2D eigenvalue weighted by molar-refractivity contribution is 6.04. The minimum absolute atomic E-state index is 0.259. The molecule has 0 bridgehead atoms. The fourth-order valence-electron chi connectivity index (χ4n) is 3.07. The summed E-state index contributed by atoms with van der Waals surface area (Å²) in [4.78, 5) is 28.2. The van der Waals surface area contributed by atoms with Crippen molar-refractivity contribution in [1.29, 1.82) is 0 Å². The van der Waals surface area contributed by atoms with Crippen LogP contribution in [0.3, 0.4) is 0 Å². The average Bonchev–Trinajstić information content (AvgIpc) is 2.95. The van der Waals surface area contributed by atoms with Gasteiger partial charge in [0, 0.05) is 24.0 Å². The summed E-state index contributed by atoms with van der Waals surface area (Å²) < 4.78 is 34.0. The number of hydrogen-bond donors (Lipinski definition) is 1. The number of aryl methyl sites for hydroxylation is 2. The number of nitrogens with one attached hydrogen (secondary N) is 1. The molecule has 2 heterocycles. The van der Waals surface area contributed by atoms with Crippen molar-refractivity contribution < 1.29 is 18.0 Å². The minimum Gasteiger partial charge on any atom is -0.389 e. The normalized spacial score (nSPS) is 11.0. The van der Waals surface area contributed by atoms with Crippen LogP contribution >= 0.6 is 0 Å².